The van der Waals surface area contributed by atoms with Crippen molar-refractivity contribution in [1.82, 2.24) is 9.62 Å². The van der Waals surface area contributed by atoms with Crippen molar-refractivity contribution in [2.45, 2.75) is 11.4 Å². The number of hydrogen-bond acceptors (Lipinski definition) is 4. The van der Waals surface area contributed by atoms with Gasteiger partial charge in [0.2, 0.25) is 0 Å². The van der Waals surface area contributed by atoms with Crippen molar-refractivity contribution >= 4 is 11.9 Å². The molecule has 1 aromatic carbocycles. The minimum atomic E-state index is -0.199. The standard InChI is InChI=1S/C11H16FN3S/c12-10-2-1-9(8-13)11(7-10)16-15-5-3-14-4-6-15/h1-2,7,14H,3-6,8,13H2. The van der Waals surface area contributed by atoms with Crippen molar-refractivity contribution in [3.63, 3.8) is 0 Å². The van der Waals surface area contributed by atoms with E-state index in [2.05, 4.69) is 9.62 Å². The largest absolute Gasteiger partial charge is 0.326 e. The molecule has 0 amide bonds. The number of halogens is 1. The second-order valence-corrected chi connectivity index (χ2v) is 4.87. The molecule has 3 nitrogen and oxygen atoms in total. The SMILES string of the molecule is NCc1ccc(F)cc1SN1CCNCC1. The molecule has 0 aliphatic carbocycles. The van der Waals surface area contributed by atoms with Gasteiger partial charge in [0, 0.05) is 37.6 Å². The van der Waals surface area contributed by atoms with Gasteiger partial charge in [-0.3, -0.25) is 0 Å². The Labute approximate surface area is 99.3 Å². The zero-order valence-electron chi connectivity index (χ0n) is 9.08. The smallest absolute Gasteiger partial charge is 0.124 e. The van der Waals surface area contributed by atoms with Crippen molar-refractivity contribution in [2.75, 3.05) is 26.2 Å². The van der Waals surface area contributed by atoms with E-state index in [1.165, 1.54) is 6.07 Å². The predicted octanol–water partition coefficient (Wildman–Crippen LogP) is 1.20. The zero-order valence-corrected chi connectivity index (χ0v) is 9.89. The van der Waals surface area contributed by atoms with Crippen molar-refractivity contribution in [2.24, 2.45) is 5.73 Å². The minimum absolute atomic E-state index is 0.199. The van der Waals surface area contributed by atoms with Gasteiger partial charge >= 0.3 is 0 Å². The van der Waals surface area contributed by atoms with Crippen LogP contribution in [-0.4, -0.2) is 30.5 Å². The molecule has 0 unspecified atom stereocenters. The molecule has 1 aromatic rings. The van der Waals surface area contributed by atoms with E-state index in [0.29, 0.717) is 6.54 Å². The summed E-state index contributed by atoms with van der Waals surface area (Å²) in [7, 11) is 0. The average molecular weight is 241 g/mol. The molecule has 1 aliphatic heterocycles. The average Bonchev–Trinajstić information content (AvgIpc) is 2.31. The van der Waals surface area contributed by atoms with Gasteiger partial charge in [-0.1, -0.05) is 6.07 Å². The highest BCUT2D eigenvalue weighted by Crippen LogP contribution is 2.27. The van der Waals surface area contributed by atoms with Crippen LogP contribution in [-0.2, 0) is 6.54 Å². The zero-order chi connectivity index (χ0) is 11.4. The molecule has 0 saturated carbocycles. The van der Waals surface area contributed by atoms with Crippen LogP contribution in [0.5, 0.6) is 0 Å². The molecule has 3 N–H and O–H groups in total. The maximum Gasteiger partial charge on any atom is 0.124 e. The van der Waals surface area contributed by atoms with Crippen LogP contribution < -0.4 is 11.1 Å². The topological polar surface area (TPSA) is 41.3 Å². The maximum atomic E-state index is 13.2. The number of nitrogens with one attached hydrogen (secondary N) is 1. The fourth-order valence-corrected chi connectivity index (χ4v) is 2.73. The fourth-order valence-electron chi connectivity index (χ4n) is 1.66. The number of piperazine rings is 1. The molecule has 1 heterocycles. The van der Waals surface area contributed by atoms with Crippen LogP contribution in [0, 0.1) is 5.82 Å². The molecule has 16 heavy (non-hydrogen) atoms. The van der Waals surface area contributed by atoms with E-state index in [0.717, 1.165) is 36.6 Å². The fraction of sp³-hybridized carbons (Fsp3) is 0.455. The summed E-state index contributed by atoms with van der Waals surface area (Å²) in [6.07, 6.45) is 0. The summed E-state index contributed by atoms with van der Waals surface area (Å²) in [4.78, 5) is 0.935. The van der Waals surface area contributed by atoms with E-state index >= 15 is 0 Å². The molecule has 0 radical (unpaired) electrons. The lowest BCUT2D eigenvalue weighted by Crippen LogP contribution is -2.39. The van der Waals surface area contributed by atoms with Gasteiger partial charge < -0.3 is 11.1 Å². The lowest BCUT2D eigenvalue weighted by molar-refractivity contribution is 0.396. The maximum absolute atomic E-state index is 13.2. The third kappa shape index (κ3) is 2.95. The quantitative estimate of drug-likeness (QED) is 0.780. The van der Waals surface area contributed by atoms with Gasteiger partial charge in [0.05, 0.1) is 0 Å². The van der Waals surface area contributed by atoms with Crippen LogP contribution in [0.4, 0.5) is 4.39 Å². The summed E-state index contributed by atoms with van der Waals surface area (Å²) in [5.41, 5.74) is 6.64. The van der Waals surface area contributed by atoms with E-state index in [4.69, 9.17) is 5.73 Å². The highest BCUT2D eigenvalue weighted by Gasteiger charge is 2.13. The molecule has 0 aromatic heterocycles. The van der Waals surface area contributed by atoms with Crippen molar-refractivity contribution in [3.05, 3.63) is 29.6 Å². The molecule has 88 valence electrons. The van der Waals surface area contributed by atoms with Crippen molar-refractivity contribution in [3.8, 4) is 0 Å². The molecule has 0 bridgehead atoms. The molecule has 5 heteroatoms. The molecule has 0 atom stereocenters. The first kappa shape index (κ1) is 11.9. The summed E-state index contributed by atoms with van der Waals surface area (Å²) in [5, 5.41) is 3.29. The van der Waals surface area contributed by atoms with Crippen LogP contribution in [0.1, 0.15) is 5.56 Å². The lowest BCUT2D eigenvalue weighted by Gasteiger charge is -2.26. The summed E-state index contributed by atoms with van der Waals surface area (Å²) >= 11 is 1.60. The third-order valence-corrected chi connectivity index (χ3v) is 3.75. The number of benzene rings is 1. The summed E-state index contributed by atoms with van der Waals surface area (Å²) < 4.78 is 15.4. The number of nitrogens with zero attached hydrogens (tertiary/aromatic N) is 1. The van der Waals surface area contributed by atoms with Crippen LogP contribution in [0.15, 0.2) is 23.1 Å². The number of rotatable bonds is 3. The van der Waals surface area contributed by atoms with Crippen LogP contribution >= 0.6 is 11.9 Å². The van der Waals surface area contributed by atoms with Crippen LogP contribution in [0.3, 0.4) is 0 Å². The molecule has 1 fully saturated rings. The Bertz CT molecular complexity index is 353. The summed E-state index contributed by atoms with van der Waals surface area (Å²) in [6, 6.07) is 4.79. The Morgan fingerprint density at radius 2 is 2.12 bits per heavy atom. The molecular weight excluding hydrogens is 225 g/mol. The second-order valence-electron chi connectivity index (χ2n) is 3.73. The molecule has 1 saturated heterocycles. The van der Waals surface area contributed by atoms with Crippen LogP contribution in [0.25, 0.3) is 0 Å². The van der Waals surface area contributed by atoms with E-state index < -0.39 is 0 Å². The van der Waals surface area contributed by atoms with Crippen LogP contribution in [0.2, 0.25) is 0 Å². The van der Waals surface area contributed by atoms with E-state index in [9.17, 15) is 4.39 Å². The number of nitrogens with two attached hydrogens (primary N) is 1. The first-order valence-corrected chi connectivity index (χ1v) is 6.19. The first-order chi connectivity index (χ1) is 7.79. The van der Waals surface area contributed by atoms with Gasteiger partial charge in [0.15, 0.2) is 0 Å². The first-order valence-electron chi connectivity index (χ1n) is 5.42. The molecule has 2 rings (SSSR count). The monoisotopic (exact) mass is 241 g/mol. The minimum Gasteiger partial charge on any atom is -0.326 e. The Morgan fingerprint density at radius 1 is 1.38 bits per heavy atom. The second kappa shape index (κ2) is 5.63. The Kier molecular flexibility index (Phi) is 4.17. The van der Waals surface area contributed by atoms with E-state index in [1.54, 1.807) is 24.1 Å². The van der Waals surface area contributed by atoms with Gasteiger partial charge in [-0.25, -0.2) is 8.70 Å². The van der Waals surface area contributed by atoms with Gasteiger partial charge in [-0.2, -0.15) is 0 Å². The Balaban J connectivity index is 2.09. The van der Waals surface area contributed by atoms with Gasteiger partial charge in [-0.05, 0) is 29.6 Å². The molecular formula is C11H16FN3S. The molecule has 1 aliphatic rings. The highest BCUT2D eigenvalue weighted by molar-refractivity contribution is 7.97. The predicted molar refractivity (Wildman–Crippen MR) is 64.6 cm³/mol. The normalized spacial score (nSPS) is 17.6. The lowest BCUT2D eigenvalue weighted by atomic mass is 10.2. The van der Waals surface area contributed by atoms with Gasteiger partial charge in [-0.15, -0.1) is 0 Å². The van der Waals surface area contributed by atoms with E-state index in [1.807, 2.05) is 0 Å². The highest BCUT2D eigenvalue weighted by atomic mass is 32.2. The third-order valence-electron chi connectivity index (χ3n) is 2.55. The van der Waals surface area contributed by atoms with Gasteiger partial charge in [0.25, 0.3) is 0 Å². The summed E-state index contributed by atoms with van der Waals surface area (Å²) in [5.74, 6) is -0.199. The Hall–Kier alpha value is -0.620. The van der Waals surface area contributed by atoms with Gasteiger partial charge in [0.1, 0.15) is 5.82 Å². The molecule has 0 spiro atoms. The van der Waals surface area contributed by atoms with Crippen molar-refractivity contribution in [1.29, 1.82) is 0 Å². The van der Waals surface area contributed by atoms with Crippen molar-refractivity contribution < 1.29 is 4.39 Å². The number of hydrogen-bond donors (Lipinski definition) is 2. The summed E-state index contributed by atoms with van der Waals surface area (Å²) in [6.45, 7) is 4.38. The van der Waals surface area contributed by atoms with E-state index in [-0.39, 0.29) is 5.82 Å². The Morgan fingerprint density at radius 3 is 2.81 bits per heavy atom.